The van der Waals surface area contributed by atoms with Crippen LogP contribution in [0.15, 0.2) is 39.5 Å². The monoisotopic (exact) mass is 315 g/mol. The fraction of sp³-hybridized carbons (Fsp3) is 0.167. The lowest BCUT2D eigenvalue weighted by Gasteiger charge is -2.16. The maximum atomic E-state index is 13.3. The van der Waals surface area contributed by atoms with Crippen molar-refractivity contribution < 1.29 is 9.13 Å². The van der Waals surface area contributed by atoms with Gasteiger partial charge in [-0.1, -0.05) is 0 Å². The van der Waals surface area contributed by atoms with E-state index in [1.807, 2.05) is 16.8 Å². The van der Waals surface area contributed by atoms with Crippen molar-refractivity contribution in [3.8, 4) is 5.75 Å². The number of ether oxygens (including phenoxy) is 1. The molecule has 90 valence electrons. The molecule has 0 amide bonds. The molecule has 1 aromatic carbocycles. The van der Waals surface area contributed by atoms with Gasteiger partial charge in [0.2, 0.25) is 0 Å². The fourth-order valence-electron chi connectivity index (χ4n) is 1.42. The van der Waals surface area contributed by atoms with Crippen molar-refractivity contribution in [1.82, 2.24) is 0 Å². The first kappa shape index (κ1) is 12.5. The summed E-state index contributed by atoms with van der Waals surface area (Å²) in [5.74, 6) is 0.135. The molecule has 2 N–H and O–H groups in total. The second-order valence-electron chi connectivity index (χ2n) is 3.47. The molecule has 2 nitrogen and oxygen atoms in total. The van der Waals surface area contributed by atoms with Gasteiger partial charge in [-0.15, -0.1) is 0 Å². The van der Waals surface area contributed by atoms with E-state index in [2.05, 4.69) is 15.9 Å². The summed E-state index contributed by atoms with van der Waals surface area (Å²) in [6.07, 6.45) is -0.234. The molecule has 1 unspecified atom stereocenters. The number of benzene rings is 1. The average molecular weight is 316 g/mol. The SMILES string of the molecule is NCC(Oc1ccc(Br)c(F)c1)c1ccsc1. The maximum absolute atomic E-state index is 13.3. The topological polar surface area (TPSA) is 35.2 Å². The van der Waals surface area contributed by atoms with Gasteiger partial charge in [-0.05, 0) is 44.9 Å². The fourth-order valence-corrected chi connectivity index (χ4v) is 2.37. The molecule has 0 bridgehead atoms. The molecule has 2 aromatic rings. The Bertz CT molecular complexity index is 489. The largest absolute Gasteiger partial charge is 0.484 e. The minimum absolute atomic E-state index is 0.234. The molecule has 0 saturated carbocycles. The van der Waals surface area contributed by atoms with E-state index in [1.165, 1.54) is 6.07 Å². The van der Waals surface area contributed by atoms with Crippen molar-refractivity contribution >= 4 is 27.3 Å². The number of halogens is 2. The number of hydrogen-bond acceptors (Lipinski definition) is 3. The van der Waals surface area contributed by atoms with Crippen LogP contribution in [0.1, 0.15) is 11.7 Å². The van der Waals surface area contributed by atoms with E-state index in [4.69, 9.17) is 10.5 Å². The van der Waals surface area contributed by atoms with Gasteiger partial charge < -0.3 is 10.5 Å². The van der Waals surface area contributed by atoms with Crippen LogP contribution < -0.4 is 10.5 Å². The Morgan fingerprint density at radius 1 is 1.41 bits per heavy atom. The average Bonchev–Trinajstić information content (AvgIpc) is 2.84. The Labute approximate surface area is 111 Å². The van der Waals surface area contributed by atoms with Crippen molar-refractivity contribution in [3.63, 3.8) is 0 Å². The number of nitrogens with two attached hydrogens (primary N) is 1. The summed E-state index contributed by atoms with van der Waals surface area (Å²) in [7, 11) is 0. The highest BCUT2D eigenvalue weighted by Crippen LogP contribution is 2.26. The quantitative estimate of drug-likeness (QED) is 0.933. The second kappa shape index (κ2) is 5.62. The summed E-state index contributed by atoms with van der Waals surface area (Å²) >= 11 is 4.68. The van der Waals surface area contributed by atoms with E-state index >= 15 is 0 Å². The molecule has 1 atom stereocenters. The number of hydrogen-bond donors (Lipinski definition) is 1. The van der Waals surface area contributed by atoms with Gasteiger partial charge in [-0.25, -0.2) is 4.39 Å². The summed E-state index contributed by atoms with van der Waals surface area (Å²) in [6.45, 7) is 0.356. The van der Waals surface area contributed by atoms with E-state index < -0.39 is 0 Å². The Morgan fingerprint density at radius 2 is 2.24 bits per heavy atom. The first-order valence-electron chi connectivity index (χ1n) is 5.04. The lowest BCUT2D eigenvalue weighted by molar-refractivity contribution is 0.214. The first-order valence-corrected chi connectivity index (χ1v) is 6.78. The van der Waals surface area contributed by atoms with Crippen molar-refractivity contribution in [2.75, 3.05) is 6.54 Å². The van der Waals surface area contributed by atoms with Crippen LogP contribution in [0.5, 0.6) is 5.75 Å². The molecule has 0 fully saturated rings. The Kier molecular flexibility index (Phi) is 4.15. The molecule has 0 aliphatic heterocycles. The van der Waals surface area contributed by atoms with E-state index in [-0.39, 0.29) is 11.9 Å². The normalized spacial score (nSPS) is 12.4. The van der Waals surface area contributed by atoms with Gasteiger partial charge in [-0.2, -0.15) is 11.3 Å². The second-order valence-corrected chi connectivity index (χ2v) is 5.11. The van der Waals surface area contributed by atoms with Gasteiger partial charge in [0.15, 0.2) is 0 Å². The van der Waals surface area contributed by atoms with Crippen LogP contribution in [0.2, 0.25) is 0 Å². The predicted molar refractivity (Wildman–Crippen MR) is 70.8 cm³/mol. The summed E-state index contributed by atoms with van der Waals surface area (Å²) < 4.78 is 19.4. The third-order valence-corrected chi connectivity index (χ3v) is 3.64. The molecule has 1 aromatic heterocycles. The van der Waals surface area contributed by atoms with E-state index in [1.54, 1.807) is 23.5 Å². The molecule has 17 heavy (non-hydrogen) atoms. The van der Waals surface area contributed by atoms with Gasteiger partial charge >= 0.3 is 0 Å². The van der Waals surface area contributed by atoms with E-state index in [9.17, 15) is 4.39 Å². The van der Waals surface area contributed by atoms with Crippen molar-refractivity contribution in [2.45, 2.75) is 6.10 Å². The van der Waals surface area contributed by atoms with Crippen LogP contribution in [0.25, 0.3) is 0 Å². The Morgan fingerprint density at radius 3 is 2.82 bits per heavy atom. The van der Waals surface area contributed by atoms with Gasteiger partial charge in [0.25, 0.3) is 0 Å². The van der Waals surface area contributed by atoms with Crippen molar-refractivity contribution in [1.29, 1.82) is 0 Å². The van der Waals surface area contributed by atoms with Crippen molar-refractivity contribution in [2.24, 2.45) is 5.73 Å². The lowest BCUT2D eigenvalue weighted by Crippen LogP contribution is -2.17. The van der Waals surface area contributed by atoms with Gasteiger partial charge in [0.05, 0.1) is 4.47 Å². The third-order valence-electron chi connectivity index (χ3n) is 2.30. The minimum atomic E-state index is -0.344. The molecule has 0 radical (unpaired) electrons. The summed E-state index contributed by atoms with van der Waals surface area (Å²) in [5.41, 5.74) is 6.67. The van der Waals surface area contributed by atoms with Crippen LogP contribution in [0.4, 0.5) is 4.39 Å². The van der Waals surface area contributed by atoms with Crippen LogP contribution >= 0.6 is 27.3 Å². The zero-order chi connectivity index (χ0) is 12.3. The zero-order valence-corrected chi connectivity index (χ0v) is 11.3. The highest BCUT2D eigenvalue weighted by atomic mass is 79.9. The maximum Gasteiger partial charge on any atom is 0.141 e. The molecular formula is C12H11BrFNOS. The lowest BCUT2D eigenvalue weighted by atomic mass is 10.2. The third kappa shape index (κ3) is 3.06. The van der Waals surface area contributed by atoms with Gasteiger partial charge in [0, 0.05) is 18.2 Å². The van der Waals surface area contributed by atoms with Crippen LogP contribution in [-0.2, 0) is 0 Å². The van der Waals surface area contributed by atoms with Gasteiger partial charge in [0.1, 0.15) is 17.7 Å². The number of rotatable bonds is 4. The molecule has 0 spiro atoms. The summed E-state index contributed by atoms with van der Waals surface area (Å²) in [6, 6.07) is 6.63. The van der Waals surface area contributed by atoms with Crippen molar-refractivity contribution in [3.05, 3.63) is 50.9 Å². The Balaban J connectivity index is 2.16. The van der Waals surface area contributed by atoms with Crippen LogP contribution in [-0.4, -0.2) is 6.54 Å². The minimum Gasteiger partial charge on any atom is -0.484 e. The zero-order valence-electron chi connectivity index (χ0n) is 8.90. The molecule has 0 saturated heterocycles. The molecule has 2 rings (SSSR count). The standard InChI is InChI=1S/C12H11BrFNOS/c13-10-2-1-9(5-11(10)14)16-12(6-15)8-3-4-17-7-8/h1-5,7,12H,6,15H2. The summed E-state index contributed by atoms with van der Waals surface area (Å²) in [5, 5.41) is 3.94. The predicted octanol–water partition coefficient (Wildman–Crippen LogP) is 3.73. The highest BCUT2D eigenvalue weighted by Gasteiger charge is 2.12. The van der Waals surface area contributed by atoms with Gasteiger partial charge in [-0.3, -0.25) is 0 Å². The molecule has 5 heteroatoms. The van der Waals surface area contributed by atoms with E-state index in [0.29, 0.717) is 16.8 Å². The summed E-state index contributed by atoms with van der Waals surface area (Å²) in [4.78, 5) is 0. The highest BCUT2D eigenvalue weighted by molar-refractivity contribution is 9.10. The molecule has 0 aliphatic carbocycles. The van der Waals surface area contributed by atoms with E-state index in [0.717, 1.165) is 5.56 Å². The first-order chi connectivity index (χ1) is 8.20. The van der Waals surface area contributed by atoms with Crippen LogP contribution in [0.3, 0.4) is 0 Å². The molecule has 0 aliphatic rings. The Hall–Kier alpha value is -0.910. The molecule has 1 heterocycles. The smallest absolute Gasteiger partial charge is 0.141 e. The molecular weight excluding hydrogens is 305 g/mol. The number of thiophene rings is 1. The van der Waals surface area contributed by atoms with Crippen LogP contribution in [0, 0.1) is 5.82 Å².